The third-order valence-corrected chi connectivity index (χ3v) is 6.95. The van der Waals surface area contributed by atoms with E-state index in [1.165, 1.54) is 4.88 Å². The number of fused-ring (bicyclic) bond motifs is 1. The van der Waals surface area contributed by atoms with E-state index in [9.17, 15) is 14.4 Å². The molecule has 2 heterocycles. The van der Waals surface area contributed by atoms with Crippen molar-refractivity contribution in [3.63, 3.8) is 0 Å². The van der Waals surface area contributed by atoms with Crippen molar-refractivity contribution in [2.75, 3.05) is 6.54 Å². The second kappa shape index (κ2) is 6.78. The van der Waals surface area contributed by atoms with Gasteiger partial charge >= 0.3 is 6.03 Å². The van der Waals surface area contributed by atoms with Gasteiger partial charge in [-0.2, -0.15) is 0 Å². The highest BCUT2D eigenvalue weighted by atomic mass is 32.1. The van der Waals surface area contributed by atoms with Crippen LogP contribution in [0.1, 0.15) is 48.2 Å². The predicted molar refractivity (Wildman–Crippen MR) is 99.7 cm³/mol. The summed E-state index contributed by atoms with van der Waals surface area (Å²) in [5, 5.41) is 6.20. The zero-order valence-corrected chi connectivity index (χ0v) is 16.2. The van der Waals surface area contributed by atoms with Crippen LogP contribution in [0, 0.1) is 11.8 Å². The van der Waals surface area contributed by atoms with Crippen molar-refractivity contribution in [1.82, 2.24) is 20.5 Å². The van der Waals surface area contributed by atoms with E-state index in [0.29, 0.717) is 31.8 Å². The highest BCUT2D eigenvalue weighted by Gasteiger charge is 2.51. The molecule has 2 saturated carbocycles. The number of carbonyl (C=O) groups is 3. The van der Waals surface area contributed by atoms with E-state index in [1.54, 1.807) is 11.3 Å². The lowest BCUT2D eigenvalue weighted by atomic mass is 10.1. The Morgan fingerprint density at radius 3 is 2.78 bits per heavy atom. The maximum absolute atomic E-state index is 12.6. The lowest BCUT2D eigenvalue weighted by Crippen LogP contribution is -2.50. The molecule has 1 aromatic rings. The number of thiazole rings is 1. The Balaban J connectivity index is 1.33. The van der Waals surface area contributed by atoms with Gasteiger partial charge < -0.3 is 21.3 Å². The molecule has 0 bridgehead atoms. The van der Waals surface area contributed by atoms with Gasteiger partial charge in [0, 0.05) is 23.8 Å². The fraction of sp³-hybridized carbons (Fsp3) is 0.667. The van der Waals surface area contributed by atoms with Crippen LogP contribution < -0.4 is 16.4 Å². The number of hydrogen-bond acceptors (Lipinski definition) is 5. The van der Waals surface area contributed by atoms with Crippen molar-refractivity contribution in [2.45, 2.75) is 57.7 Å². The summed E-state index contributed by atoms with van der Waals surface area (Å²) in [5.41, 5.74) is 5.25. The van der Waals surface area contributed by atoms with Gasteiger partial charge in [0.05, 0.1) is 18.8 Å². The zero-order valence-electron chi connectivity index (χ0n) is 15.4. The Morgan fingerprint density at radius 1 is 1.37 bits per heavy atom. The molecule has 2 aliphatic carbocycles. The molecule has 1 aliphatic heterocycles. The zero-order chi connectivity index (χ0) is 19.2. The summed E-state index contributed by atoms with van der Waals surface area (Å²) in [7, 11) is 0. The Labute approximate surface area is 161 Å². The van der Waals surface area contributed by atoms with Gasteiger partial charge in [-0.05, 0) is 25.2 Å². The van der Waals surface area contributed by atoms with Crippen LogP contribution in [0.25, 0.3) is 0 Å². The molecule has 9 heteroatoms. The van der Waals surface area contributed by atoms with Crippen LogP contribution in [0.2, 0.25) is 0 Å². The van der Waals surface area contributed by atoms with Gasteiger partial charge in [-0.3, -0.25) is 9.59 Å². The molecule has 8 nitrogen and oxygen atoms in total. The van der Waals surface area contributed by atoms with Crippen molar-refractivity contribution in [3.8, 4) is 0 Å². The molecule has 3 aliphatic rings. The number of rotatable bonds is 6. The van der Waals surface area contributed by atoms with E-state index >= 15 is 0 Å². The molecule has 0 spiro atoms. The Kier molecular flexibility index (Phi) is 4.57. The Hall–Kier alpha value is -2.16. The molecule has 1 aromatic heterocycles. The number of nitrogens with one attached hydrogen (secondary N) is 2. The maximum Gasteiger partial charge on any atom is 0.313 e. The van der Waals surface area contributed by atoms with E-state index in [-0.39, 0.29) is 17.7 Å². The van der Waals surface area contributed by atoms with Crippen LogP contribution in [0.3, 0.4) is 0 Å². The van der Waals surface area contributed by atoms with Crippen LogP contribution >= 0.6 is 11.3 Å². The summed E-state index contributed by atoms with van der Waals surface area (Å²) >= 11 is 1.59. The van der Waals surface area contributed by atoms with Crippen LogP contribution in [0.4, 0.5) is 4.79 Å². The summed E-state index contributed by atoms with van der Waals surface area (Å²) in [6.07, 6.45) is 4.12. The predicted octanol–water partition coefficient (Wildman–Crippen LogP) is 0.891. The van der Waals surface area contributed by atoms with Gasteiger partial charge in [-0.25, -0.2) is 9.78 Å². The molecule has 146 valence electrons. The SMILES string of the molecule is CC[C@@H]1C[C@H]1C(=O)N1CCc2sc(CNC(=O)C3(NC(N)=O)CC3)nc2C1. The van der Waals surface area contributed by atoms with Gasteiger partial charge in [0.15, 0.2) is 0 Å². The largest absolute Gasteiger partial charge is 0.352 e. The summed E-state index contributed by atoms with van der Waals surface area (Å²) in [4.78, 5) is 43.7. The molecule has 2 atom stereocenters. The quantitative estimate of drug-likeness (QED) is 0.667. The maximum atomic E-state index is 12.6. The highest BCUT2D eigenvalue weighted by Crippen LogP contribution is 2.43. The van der Waals surface area contributed by atoms with E-state index in [4.69, 9.17) is 5.73 Å². The van der Waals surface area contributed by atoms with Crippen molar-refractivity contribution in [1.29, 1.82) is 0 Å². The number of hydrogen-bond donors (Lipinski definition) is 3. The molecular formula is C18H25N5O3S. The molecule has 2 fully saturated rings. The normalized spacial score (nSPS) is 24.7. The molecule has 4 rings (SSSR count). The van der Waals surface area contributed by atoms with Gasteiger partial charge in [-0.1, -0.05) is 13.3 Å². The first-order valence-electron chi connectivity index (χ1n) is 9.54. The Bertz CT molecular complexity index is 788. The van der Waals surface area contributed by atoms with Crippen molar-refractivity contribution < 1.29 is 14.4 Å². The summed E-state index contributed by atoms with van der Waals surface area (Å²) < 4.78 is 0. The summed E-state index contributed by atoms with van der Waals surface area (Å²) in [5.74, 6) is 0.819. The fourth-order valence-electron chi connectivity index (χ4n) is 3.85. The van der Waals surface area contributed by atoms with Crippen LogP contribution in [-0.2, 0) is 29.1 Å². The number of aromatic nitrogens is 1. The second-order valence-electron chi connectivity index (χ2n) is 7.75. The molecule has 4 N–H and O–H groups in total. The molecule has 4 amide bonds. The van der Waals surface area contributed by atoms with Gasteiger partial charge in [0.2, 0.25) is 11.8 Å². The summed E-state index contributed by atoms with van der Waals surface area (Å²) in [6.45, 7) is 3.78. The number of urea groups is 1. The molecule has 0 aromatic carbocycles. The topological polar surface area (TPSA) is 117 Å². The second-order valence-corrected chi connectivity index (χ2v) is 8.92. The Morgan fingerprint density at radius 2 is 2.15 bits per heavy atom. The van der Waals surface area contributed by atoms with Crippen molar-refractivity contribution in [3.05, 3.63) is 15.6 Å². The standard InChI is InChI=1S/C18H25N5O3S/c1-2-10-7-11(10)15(24)23-6-3-13-12(9-23)21-14(27-13)8-20-16(25)18(4-5-18)22-17(19)26/h10-11H,2-9H2,1H3,(H,20,25)(H3,19,22,26)/t10-,11-/m1/s1. The average molecular weight is 391 g/mol. The summed E-state index contributed by atoms with van der Waals surface area (Å²) in [6, 6.07) is -0.682. The minimum Gasteiger partial charge on any atom is -0.352 e. The first-order chi connectivity index (χ1) is 12.9. The fourth-order valence-corrected chi connectivity index (χ4v) is 4.85. The van der Waals surface area contributed by atoms with Crippen LogP contribution in [0.15, 0.2) is 0 Å². The third kappa shape index (κ3) is 3.65. The first-order valence-corrected chi connectivity index (χ1v) is 10.4. The first kappa shape index (κ1) is 18.2. The molecule has 27 heavy (non-hydrogen) atoms. The van der Waals surface area contributed by atoms with E-state index < -0.39 is 11.6 Å². The van der Waals surface area contributed by atoms with Crippen LogP contribution in [0.5, 0.6) is 0 Å². The van der Waals surface area contributed by atoms with E-state index in [0.717, 1.165) is 36.5 Å². The van der Waals surface area contributed by atoms with Crippen molar-refractivity contribution >= 4 is 29.2 Å². The smallest absolute Gasteiger partial charge is 0.313 e. The van der Waals surface area contributed by atoms with Crippen LogP contribution in [-0.4, -0.2) is 39.8 Å². The van der Waals surface area contributed by atoms with E-state index in [2.05, 4.69) is 22.5 Å². The number of amides is 4. The van der Waals surface area contributed by atoms with Gasteiger partial charge in [0.1, 0.15) is 10.5 Å². The molecule has 0 unspecified atom stereocenters. The monoisotopic (exact) mass is 391 g/mol. The van der Waals surface area contributed by atoms with Gasteiger partial charge in [-0.15, -0.1) is 11.3 Å². The minimum absolute atomic E-state index is 0.210. The van der Waals surface area contributed by atoms with E-state index in [1.807, 2.05) is 4.90 Å². The molecule has 0 radical (unpaired) electrons. The highest BCUT2D eigenvalue weighted by molar-refractivity contribution is 7.11. The molecular weight excluding hydrogens is 366 g/mol. The third-order valence-electron chi connectivity index (χ3n) is 5.80. The number of nitrogens with two attached hydrogens (primary N) is 1. The van der Waals surface area contributed by atoms with Crippen molar-refractivity contribution in [2.24, 2.45) is 17.6 Å². The lowest BCUT2D eigenvalue weighted by molar-refractivity contribution is -0.133. The lowest BCUT2D eigenvalue weighted by Gasteiger charge is -2.26. The number of carbonyl (C=O) groups excluding carboxylic acids is 3. The number of nitrogens with zero attached hydrogens (tertiary/aromatic N) is 2. The van der Waals surface area contributed by atoms with Gasteiger partial charge in [0.25, 0.3) is 0 Å². The number of primary amides is 1. The average Bonchev–Trinajstić information content (AvgIpc) is 3.55. The molecule has 0 saturated heterocycles. The minimum atomic E-state index is -0.841.